The van der Waals surface area contributed by atoms with Crippen molar-refractivity contribution in [1.29, 1.82) is 0 Å². The fraction of sp³-hybridized carbons (Fsp3) is 0.364. The maximum Gasteiger partial charge on any atom is 0.523 e. The van der Waals surface area contributed by atoms with Crippen molar-refractivity contribution in [2.24, 2.45) is 4.99 Å². The predicted octanol–water partition coefficient (Wildman–Crippen LogP) is 5.05. The Kier molecular flexibility index (Phi) is 5.78. The van der Waals surface area contributed by atoms with E-state index in [-0.39, 0.29) is 18.6 Å². The first kappa shape index (κ1) is 19.8. The Hall–Kier alpha value is -2.51. The fourth-order valence-electron chi connectivity index (χ4n) is 3.87. The van der Waals surface area contributed by atoms with Crippen molar-refractivity contribution in [3.8, 4) is 0 Å². The number of ether oxygens (including phenoxy) is 2. The van der Waals surface area contributed by atoms with Gasteiger partial charge in [-0.2, -0.15) is 0 Å². The van der Waals surface area contributed by atoms with Crippen LogP contribution in [-0.2, 0) is 9.47 Å². The van der Waals surface area contributed by atoms with E-state index in [1.54, 1.807) is 36.8 Å². The van der Waals surface area contributed by atoms with Gasteiger partial charge < -0.3 is 4.74 Å². The van der Waals surface area contributed by atoms with E-state index >= 15 is 0 Å². The van der Waals surface area contributed by atoms with Gasteiger partial charge in [0.05, 0.1) is 24.0 Å². The molecule has 3 atom stereocenters. The van der Waals surface area contributed by atoms with E-state index in [4.69, 9.17) is 4.74 Å². The summed E-state index contributed by atoms with van der Waals surface area (Å²) in [5, 5.41) is 0. The summed E-state index contributed by atoms with van der Waals surface area (Å²) in [6.45, 7) is 0. The maximum absolute atomic E-state index is 12.7. The van der Waals surface area contributed by atoms with Crippen LogP contribution in [0.25, 0.3) is 0 Å². The van der Waals surface area contributed by atoms with Gasteiger partial charge in [-0.1, -0.05) is 30.4 Å². The third-order valence-electron chi connectivity index (χ3n) is 5.12. The number of hydrogen-bond acceptors (Lipinski definition) is 4. The molecule has 1 aromatic heterocycles. The molecule has 3 aliphatic rings. The number of pyridine rings is 1. The number of nitrogens with zero attached hydrogens (tertiary/aromatic N) is 2. The molecule has 1 aliphatic carbocycles. The van der Waals surface area contributed by atoms with Gasteiger partial charge in [-0.3, -0.25) is 14.7 Å². The van der Waals surface area contributed by atoms with Crippen LogP contribution >= 0.6 is 0 Å². The second-order valence-corrected chi connectivity index (χ2v) is 7.12. The lowest BCUT2D eigenvalue weighted by Gasteiger charge is -2.27. The van der Waals surface area contributed by atoms with E-state index in [0.717, 1.165) is 29.7 Å². The molecular formula is C22H21F3N2O2. The van der Waals surface area contributed by atoms with Crippen molar-refractivity contribution in [2.75, 3.05) is 0 Å². The van der Waals surface area contributed by atoms with E-state index in [2.05, 4.69) is 14.7 Å². The van der Waals surface area contributed by atoms with Gasteiger partial charge in [0.2, 0.25) is 0 Å². The summed E-state index contributed by atoms with van der Waals surface area (Å²) in [7, 11) is 0. The zero-order valence-electron chi connectivity index (χ0n) is 15.7. The summed E-state index contributed by atoms with van der Waals surface area (Å²) < 4.78 is 48.7. The molecule has 7 heteroatoms. The van der Waals surface area contributed by atoms with Crippen LogP contribution in [0, 0.1) is 0 Å². The molecule has 0 amide bonds. The standard InChI is InChI=1S/C22H21F3N2O2/c23-22(24,25)29-20-8-2-1-7-18(20)19-10-9-17(28-19)13-15-5-4-12-27-21(15)16-6-3-11-26-14-16/h1-4,6-7,11-14,17,19-20H,5,8-10H2/b15-13+. The number of halogens is 3. The van der Waals surface area contributed by atoms with Crippen molar-refractivity contribution in [1.82, 2.24) is 4.98 Å². The minimum atomic E-state index is -4.67. The Labute approximate surface area is 167 Å². The molecule has 0 bridgehead atoms. The molecule has 0 aromatic carbocycles. The molecule has 0 spiro atoms. The molecular weight excluding hydrogens is 381 g/mol. The van der Waals surface area contributed by atoms with Crippen LogP contribution < -0.4 is 0 Å². The number of alkyl halides is 3. The summed E-state index contributed by atoms with van der Waals surface area (Å²) in [6.07, 6.45) is 10.4. The zero-order chi connectivity index (χ0) is 20.3. The van der Waals surface area contributed by atoms with Crippen LogP contribution in [0.5, 0.6) is 0 Å². The van der Waals surface area contributed by atoms with Gasteiger partial charge >= 0.3 is 6.36 Å². The number of aromatic nitrogens is 1. The highest BCUT2D eigenvalue weighted by Crippen LogP contribution is 2.35. The summed E-state index contributed by atoms with van der Waals surface area (Å²) >= 11 is 0. The third-order valence-corrected chi connectivity index (χ3v) is 5.12. The number of rotatable bonds is 4. The highest BCUT2D eigenvalue weighted by Gasteiger charge is 2.39. The smallest absolute Gasteiger partial charge is 0.366 e. The lowest BCUT2D eigenvalue weighted by molar-refractivity contribution is -0.338. The van der Waals surface area contributed by atoms with Gasteiger partial charge in [-0.15, -0.1) is 13.2 Å². The highest BCUT2D eigenvalue weighted by molar-refractivity contribution is 6.13. The minimum Gasteiger partial charge on any atom is -0.366 e. The SMILES string of the molecule is FC(F)(F)OC1CC=CC=C1C1CCC(/C=C2\CC=CN=C2c2cccnc2)O1. The summed E-state index contributed by atoms with van der Waals surface area (Å²) in [6, 6.07) is 3.81. The summed E-state index contributed by atoms with van der Waals surface area (Å²) in [5.74, 6) is 0. The van der Waals surface area contributed by atoms with E-state index in [0.29, 0.717) is 12.0 Å². The van der Waals surface area contributed by atoms with E-state index < -0.39 is 12.5 Å². The molecule has 1 aromatic rings. The third kappa shape index (κ3) is 4.92. The highest BCUT2D eigenvalue weighted by atomic mass is 19.4. The van der Waals surface area contributed by atoms with Gasteiger partial charge in [0.25, 0.3) is 0 Å². The van der Waals surface area contributed by atoms with Crippen molar-refractivity contribution in [2.45, 2.75) is 50.4 Å². The molecule has 1 saturated heterocycles. The fourth-order valence-corrected chi connectivity index (χ4v) is 3.87. The van der Waals surface area contributed by atoms with Gasteiger partial charge in [-0.25, -0.2) is 0 Å². The molecule has 4 rings (SSSR count). The van der Waals surface area contributed by atoms with Crippen LogP contribution in [0.4, 0.5) is 13.2 Å². The maximum atomic E-state index is 12.7. The molecule has 0 N–H and O–H groups in total. The number of hydrogen-bond donors (Lipinski definition) is 0. The quantitative estimate of drug-likeness (QED) is 0.708. The topological polar surface area (TPSA) is 43.7 Å². The molecule has 0 radical (unpaired) electrons. The van der Waals surface area contributed by atoms with E-state index in [9.17, 15) is 13.2 Å². The lowest BCUT2D eigenvalue weighted by Crippen LogP contribution is -2.31. The molecule has 3 unspecified atom stereocenters. The Bertz CT molecular complexity index is 885. The first-order valence-electron chi connectivity index (χ1n) is 9.60. The van der Waals surface area contributed by atoms with Crippen LogP contribution in [0.2, 0.25) is 0 Å². The van der Waals surface area contributed by atoms with Crippen molar-refractivity contribution in [3.63, 3.8) is 0 Å². The molecule has 4 nitrogen and oxygen atoms in total. The lowest BCUT2D eigenvalue weighted by atomic mass is 9.94. The van der Waals surface area contributed by atoms with Crippen molar-refractivity contribution >= 4 is 5.71 Å². The monoisotopic (exact) mass is 402 g/mol. The average Bonchev–Trinajstić information content (AvgIpc) is 3.16. The molecule has 2 aliphatic heterocycles. The van der Waals surface area contributed by atoms with Crippen LogP contribution in [0.15, 0.2) is 77.2 Å². The second kappa shape index (κ2) is 8.47. The van der Waals surface area contributed by atoms with Gasteiger partial charge in [0, 0.05) is 24.2 Å². The molecule has 1 fully saturated rings. The number of aliphatic imine (C=N–C) groups is 1. The van der Waals surface area contributed by atoms with Crippen LogP contribution in [-0.4, -0.2) is 35.4 Å². The average molecular weight is 402 g/mol. The van der Waals surface area contributed by atoms with Crippen LogP contribution in [0.1, 0.15) is 31.2 Å². The predicted molar refractivity (Wildman–Crippen MR) is 103 cm³/mol. The normalized spacial score (nSPS) is 28.5. The Morgan fingerprint density at radius 3 is 2.90 bits per heavy atom. The van der Waals surface area contributed by atoms with E-state index in [1.165, 1.54) is 0 Å². The Balaban J connectivity index is 1.48. The Morgan fingerprint density at radius 1 is 1.21 bits per heavy atom. The summed E-state index contributed by atoms with van der Waals surface area (Å²) in [4.78, 5) is 8.64. The summed E-state index contributed by atoms with van der Waals surface area (Å²) in [5.41, 5.74) is 3.37. The first-order valence-corrected chi connectivity index (χ1v) is 9.60. The minimum absolute atomic E-state index is 0.179. The van der Waals surface area contributed by atoms with Gasteiger partial charge in [0.1, 0.15) is 0 Å². The molecule has 0 saturated carbocycles. The van der Waals surface area contributed by atoms with Gasteiger partial charge in [0.15, 0.2) is 0 Å². The second-order valence-electron chi connectivity index (χ2n) is 7.12. The van der Waals surface area contributed by atoms with Crippen molar-refractivity contribution in [3.05, 3.63) is 77.8 Å². The number of allylic oxidation sites excluding steroid dienone is 4. The molecule has 152 valence electrons. The van der Waals surface area contributed by atoms with Crippen LogP contribution in [0.3, 0.4) is 0 Å². The Morgan fingerprint density at radius 2 is 2.10 bits per heavy atom. The van der Waals surface area contributed by atoms with E-state index in [1.807, 2.05) is 24.3 Å². The largest absolute Gasteiger partial charge is 0.523 e. The first-order chi connectivity index (χ1) is 14.0. The van der Waals surface area contributed by atoms with Crippen molar-refractivity contribution < 1.29 is 22.6 Å². The zero-order valence-corrected chi connectivity index (χ0v) is 15.7. The molecule has 29 heavy (non-hydrogen) atoms. The molecule has 3 heterocycles. The van der Waals surface area contributed by atoms with Gasteiger partial charge in [-0.05, 0) is 49.0 Å².